The molecule has 4 aromatic carbocycles. The lowest BCUT2D eigenvalue weighted by Crippen LogP contribution is -2.20. The van der Waals surface area contributed by atoms with Gasteiger partial charge in [-0.3, -0.25) is 4.79 Å². The predicted molar refractivity (Wildman–Crippen MR) is 158 cm³/mol. The largest absolute Gasteiger partial charge is 0.496 e. The quantitative estimate of drug-likeness (QED) is 0.185. The number of methoxy groups -OCH3 is 1. The fraction of sp³-hybridized carbons (Fsp3) is 0.0645. The van der Waals surface area contributed by atoms with Crippen LogP contribution in [0.2, 0.25) is 10.0 Å². The highest BCUT2D eigenvalue weighted by molar-refractivity contribution is 6.42. The number of aromatic nitrogens is 2. The van der Waals surface area contributed by atoms with E-state index in [-0.39, 0.29) is 11.4 Å². The molecule has 0 bridgehead atoms. The Labute approximate surface area is 238 Å². The zero-order valence-electron chi connectivity index (χ0n) is 21.2. The van der Waals surface area contributed by atoms with Gasteiger partial charge in [-0.2, -0.15) is 9.78 Å². The summed E-state index contributed by atoms with van der Waals surface area (Å²) in [6.45, 7) is 0.311. The predicted octanol–water partition coefficient (Wildman–Crippen LogP) is 7.59. The van der Waals surface area contributed by atoms with Crippen molar-refractivity contribution in [1.82, 2.24) is 9.66 Å². The lowest BCUT2D eigenvalue weighted by atomic mass is 10.2. The van der Waals surface area contributed by atoms with Crippen molar-refractivity contribution in [3.8, 4) is 23.1 Å². The molecule has 2 heterocycles. The Hall–Kier alpha value is -4.59. The first-order valence-electron chi connectivity index (χ1n) is 12.3. The SMILES string of the molecule is COc1cccc2oc(-c3nc4ccccc4c(=O)n3N=Cc3cccc(OCc4ccc(Cl)c(Cl)c4)c3)cc12. The summed E-state index contributed by atoms with van der Waals surface area (Å²) in [6, 6.07) is 27.2. The molecular formula is C31H21Cl2N3O4. The van der Waals surface area contributed by atoms with E-state index >= 15 is 0 Å². The van der Waals surface area contributed by atoms with Crippen molar-refractivity contribution in [1.29, 1.82) is 0 Å². The third-order valence-electron chi connectivity index (χ3n) is 6.29. The molecule has 198 valence electrons. The van der Waals surface area contributed by atoms with Gasteiger partial charge in [0.05, 0.1) is 39.7 Å². The van der Waals surface area contributed by atoms with Crippen LogP contribution in [0.5, 0.6) is 11.5 Å². The molecule has 0 aliphatic heterocycles. The first kappa shape index (κ1) is 25.7. The van der Waals surface area contributed by atoms with Crippen LogP contribution in [0.15, 0.2) is 105 Å². The molecule has 0 amide bonds. The highest BCUT2D eigenvalue weighted by Crippen LogP contribution is 2.33. The Morgan fingerprint density at radius 1 is 0.925 bits per heavy atom. The van der Waals surface area contributed by atoms with Crippen LogP contribution >= 0.6 is 23.2 Å². The molecule has 0 saturated carbocycles. The van der Waals surface area contributed by atoms with E-state index in [1.54, 1.807) is 49.7 Å². The van der Waals surface area contributed by atoms with E-state index in [9.17, 15) is 4.79 Å². The summed E-state index contributed by atoms with van der Waals surface area (Å²) >= 11 is 12.1. The Bertz CT molecular complexity index is 1960. The highest BCUT2D eigenvalue weighted by Gasteiger charge is 2.18. The van der Waals surface area contributed by atoms with Crippen LogP contribution in [0, 0.1) is 0 Å². The number of hydrogen-bond acceptors (Lipinski definition) is 6. The van der Waals surface area contributed by atoms with Crippen LogP contribution in [-0.4, -0.2) is 23.0 Å². The van der Waals surface area contributed by atoms with Crippen molar-refractivity contribution in [3.05, 3.63) is 123 Å². The van der Waals surface area contributed by atoms with Gasteiger partial charge in [-0.05, 0) is 65.7 Å². The van der Waals surface area contributed by atoms with Gasteiger partial charge in [0.25, 0.3) is 5.56 Å². The van der Waals surface area contributed by atoms with Crippen LogP contribution in [-0.2, 0) is 6.61 Å². The summed E-state index contributed by atoms with van der Waals surface area (Å²) in [4.78, 5) is 18.3. The smallest absolute Gasteiger partial charge is 0.282 e. The summed E-state index contributed by atoms with van der Waals surface area (Å²) in [6.07, 6.45) is 1.58. The second kappa shape index (κ2) is 10.9. The molecule has 9 heteroatoms. The minimum atomic E-state index is -0.323. The monoisotopic (exact) mass is 569 g/mol. The summed E-state index contributed by atoms with van der Waals surface area (Å²) in [5.41, 5.74) is 2.44. The molecule has 0 atom stereocenters. The van der Waals surface area contributed by atoms with E-state index in [1.165, 1.54) is 4.68 Å². The molecule has 0 aliphatic rings. The fourth-order valence-electron chi connectivity index (χ4n) is 4.32. The minimum Gasteiger partial charge on any atom is -0.496 e. The number of ether oxygens (including phenoxy) is 2. The molecular weight excluding hydrogens is 549 g/mol. The molecule has 40 heavy (non-hydrogen) atoms. The van der Waals surface area contributed by atoms with Gasteiger partial charge in [0.2, 0.25) is 5.82 Å². The van der Waals surface area contributed by atoms with Crippen molar-refractivity contribution >= 4 is 51.3 Å². The van der Waals surface area contributed by atoms with Crippen molar-refractivity contribution in [2.45, 2.75) is 6.61 Å². The topological polar surface area (TPSA) is 78.9 Å². The highest BCUT2D eigenvalue weighted by atomic mass is 35.5. The standard InChI is InChI=1S/C31H21Cl2N3O4/c1-38-27-10-5-11-28-23(27)16-29(40-28)30-35-26-9-3-2-8-22(26)31(37)36(30)34-17-19-6-4-7-21(14-19)39-18-20-12-13-24(32)25(33)15-20/h2-17H,18H2,1H3. The van der Waals surface area contributed by atoms with Crippen LogP contribution in [0.3, 0.4) is 0 Å². The van der Waals surface area contributed by atoms with E-state index in [0.717, 1.165) is 16.5 Å². The van der Waals surface area contributed by atoms with E-state index in [4.69, 9.17) is 42.1 Å². The maximum Gasteiger partial charge on any atom is 0.282 e. The second-order valence-electron chi connectivity index (χ2n) is 8.91. The average molecular weight is 570 g/mol. The van der Waals surface area contributed by atoms with Gasteiger partial charge in [0.1, 0.15) is 23.7 Å². The van der Waals surface area contributed by atoms with Crippen LogP contribution in [0.25, 0.3) is 33.5 Å². The number of hydrogen-bond donors (Lipinski definition) is 0. The van der Waals surface area contributed by atoms with Crippen molar-refractivity contribution in [2.24, 2.45) is 5.10 Å². The van der Waals surface area contributed by atoms with Crippen LogP contribution in [0.1, 0.15) is 11.1 Å². The first-order valence-corrected chi connectivity index (χ1v) is 13.1. The molecule has 0 unspecified atom stereocenters. The van der Waals surface area contributed by atoms with E-state index in [1.807, 2.05) is 54.6 Å². The Morgan fingerprint density at radius 3 is 2.62 bits per heavy atom. The van der Waals surface area contributed by atoms with Crippen LogP contribution in [0.4, 0.5) is 0 Å². The Kier molecular flexibility index (Phi) is 6.99. The van der Waals surface area contributed by atoms with E-state index in [2.05, 4.69) is 5.10 Å². The summed E-state index contributed by atoms with van der Waals surface area (Å²) in [5, 5.41) is 6.70. The Morgan fingerprint density at radius 2 is 1.77 bits per heavy atom. The first-order chi connectivity index (χ1) is 19.5. The molecule has 0 radical (unpaired) electrons. The molecule has 2 aromatic heterocycles. The Balaban J connectivity index is 1.37. The summed E-state index contributed by atoms with van der Waals surface area (Å²) in [7, 11) is 1.60. The molecule has 0 spiro atoms. The number of nitrogens with zero attached hydrogens (tertiary/aromatic N) is 3. The molecule has 6 aromatic rings. The van der Waals surface area contributed by atoms with E-state index in [0.29, 0.717) is 50.4 Å². The zero-order valence-corrected chi connectivity index (χ0v) is 22.7. The van der Waals surface area contributed by atoms with Gasteiger partial charge >= 0.3 is 0 Å². The third-order valence-corrected chi connectivity index (χ3v) is 7.02. The third kappa shape index (κ3) is 5.04. The molecule has 7 nitrogen and oxygen atoms in total. The lowest BCUT2D eigenvalue weighted by molar-refractivity contribution is 0.306. The van der Waals surface area contributed by atoms with Gasteiger partial charge < -0.3 is 13.9 Å². The molecule has 6 rings (SSSR count). The van der Waals surface area contributed by atoms with Crippen molar-refractivity contribution in [3.63, 3.8) is 0 Å². The molecule has 0 saturated heterocycles. The molecule has 0 aliphatic carbocycles. The van der Waals surface area contributed by atoms with Crippen molar-refractivity contribution < 1.29 is 13.9 Å². The number of furan rings is 1. The second-order valence-corrected chi connectivity index (χ2v) is 9.72. The number of para-hydroxylation sites is 1. The zero-order chi connectivity index (χ0) is 27.6. The molecule has 0 fully saturated rings. The van der Waals surface area contributed by atoms with Gasteiger partial charge in [0, 0.05) is 0 Å². The number of fused-ring (bicyclic) bond motifs is 2. The number of benzene rings is 4. The number of halogens is 2. The summed E-state index contributed by atoms with van der Waals surface area (Å²) in [5.74, 6) is 1.94. The minimum absolute atomic E-state index is 0.269. The van der Waals surface area contributed by atoms with Crippen molar-refractivity contribution in [2.75, 3.05) is 7.11 Å². The normalized spacial score (nSPS) is 11.5. The number of rotatable bonds is 7. The maximum absolute atomic E-state index is 13.6. The lowest BCUT2D eigenvalue weighted by Gasteiger charge is -2.09. The van der Waals surface area contributed by atoms with Gasteiger partial charge in [-0.1, -0.05) is 59.6 Å². The van der Waals surface area contributed by atoms with Crippen LogP contribution < -0.4 is 15.0 Å². The summed E-state index contributed by atoms with van der Waals surface area (Å²) < 4.78 is 18.7. The van der Waals surface area contributed by atoms with Gasteiger partial charge in [-0.15, -0.1) is 0 Å². The fourth-order valence-corrected chi connectivity index (χ4v) is 4.64. The maximum atomic E-state index is 13.6. The molecule has 0 N–H and O–H groups in total. The average Bonchev–Trinajstić information content (AvgIpc) is 3.42. The van der Waals surface area contributed by atoms with Gasteiger partial charge in [-0.25, -0.2) is 4.98 Å². The van der Waals surface area contributed by atoms with E-state index < -0.39 is 0 Å². The van der Waals surface area contributed by atoms with Gasteiger partial charge in [0.15, 0.2) is 5.76 Å².